The van der Waals surface area contributed by atoms with Gasteiger partial charge in [0.2, 0.25) is 0 Å². The van der Waals surface area contributed by atoms with Gasteiger partial charge in [-0.3, -0.25) is 0 Å². The SMILES string of the molecule is C=Cc1cccc(N(c2ccc(C)cc2)c2ccc(-c3cc(C)c(-c4c(C)cc(C)c5ccccc45)c4ccccc34)cc2)c1. The molecule has 45 heavy (non-hydrogen) atoms. The molecule has 0 spiro atoms. The van der Waals surface area contributed by atoms with Crippen molar-refractivity contribution < 1.29 is 0 Å². The molecule has 0 aliphatic rings. The predicted octanol–water partition coefficient (Wildman–Crippen LogP) is 12.7. The van der Waals surface area contributed by atoms with Crippen LogP contribution in [0.2, 0.25) is 0 Å². The first-order chi connectivity index (χ1) is 21.9. The van der Waals surface area contributed by atoms with Crippen molar-refractivity contribution >= 4 is 44.7 Å². The second kappa shape index (κ2) is 11.6. The van der Waals surface area contributed by atoms with Crippen molar-refractivity contribution in [1.29, 1.82) is 0 Å². The minimum absolute atomic E-state index is 1.10. The molecule has 1 nitrogen and oxygen atoms in total. The average molecular weight is 580 g/mol. The van der Waals surface area contributed by atoms with Gasteiger partial charge >= 0.3 is 0 Å². The quantitative estimate of drug-likeness (QED) is 0.189. The highest BCUT2D eigenvalue weighted by atomic mass is 15.1. The zero-order chi connectivity index (χ0) is 31.1. The van der Waals surface area contributed by atoms with E-state index in [-0.39, 0.29) is 0 Å². The lowest BCUT2D eigenvalue weighted by Gasteiger charge is -2.26. The van der Waals surface area contributed by atoms with Gasteiger partial charge < -0.3 is 4.90 Å². The molecule has 0 fully saturated rings. The number of aryl methyl sites for hydroxylation is 4. The van der Waals surface area contributed by atoms with E-state index in [1.165, 1.54) is 66.1 Å². The van der Waals surface area contributed by atoms with Crippen molar-refractivity contribution in [2.45, 2.75) is 27.7 Å². The number of hydrogen-bond donors (Lipinski definition) is 0. The van der Waals surface area contributed by atoms with E-state index in [0.717, 1.165) is 22.6 Å². The smallest absolute Gasteiger partial charge is 0.0467 e. The minimum Gasteiger partial charge on any atom is -0.310 e. The van der Waals surface area contributed by atoms with Gasteiger partial charge in [0.15, 0.2) is 0 Å². The summed E-state index contributed by atoms with van der Waals surface area (Å²) >= 11 is 0. The molecule has 0 saturated heterocycles. The van der Waals surface area contributed by atoms with Gasteiger partial charge in [0, 0.05) is 17.1 Å². The molecule has 0 aliphatic heterocycles. The number of hydrogen-bond acceptors (Lipinski definition) is 1. The first-order valence-electron chi connectivity index (χ1n) is 15.6. The van der Waals surface area contributed by atoms with Crippen LogP contribution in [0.1, 0.15) is 27.8 Å². The van der Waals surface area contributed by atoms with Gasteiger partial charge in [-0.05, 0) is 130 Å². The molecule has 1 heteroatoms. The highest BCUT2D eigenvalue weighted by Crippen LogP contribution is 2.43. The summed E-state index contributed by atoms with van der Waals surface area (Å²) < 4.78 is 0. The Labute approximate surface area is 266 Å². The summed E-state index contributed by atoms with van der Waals surface area (Å²) in [4.78, 5) is 2.31. The van der Waals surface area contributed by atoms with Crippen molar-refractivity contribution in [2.75, 3.05) is 4.90 Å². The minimum atomic E-state index is 1.10. The van der Waals surface area contributed by atoms with Crippen LogP contribution in [0.25, 0.3) is 49.9 Å². The standard InChI is InChI=1S/C44H37N/c1-6-33-12-11-13-37(28-33)45(35-22-18-29(2)19-23-35)36-24-20-34(21-25-36)42-27-32(5)44(41-17-10-8-15-39(41)42)43-31(4)26-30(3)38-14-7-9-16-40(38)43/h6-28H,1H2,2-5H3. The number of nitrogens with zero attached hydrogens (tertiary/aromatic N) is 1. The van der Waals surface area contributed by atoms with Crippen molar-refractivity contribution in [3.05, 3.63) is 168 Å². The molecule has 0 bridgehead atoms. The molecule has 0 aromatic heterocycles. The Kier molecular flexibility index (Phi) is 7.31. The molecule has 0 saturated carbocycles. The monoisotopic (exact) mass is 579 g/mol. The van der Waals surface area contributed by atoms with E-state index in [2.05, 4.69) is 173 Å². The second-order valence-corrected chi connectivity index (χ2v) is 12.1. The normalized spacial score (nSPS) is 11.2. The van der Waals surface area contributed by atoms with Crippen LogP contribution in [0.3, 0.4) is 0 Å². The highest BCUT2D eigenvalue weighted by molar-refractivity contribution is 6.12. The largest absolute Gasteiger partial charge is 0.310 e. The fourth-order valence-corrected chi connectivity index (χ4v) is 6.87. The van der Waals surface area contributed by atoms with E-state index in [9.17, 15) is 0 Å². The summed E-state index contributed by atoms with van der Waals surface area (Å²) in [5.74, 6) is 0. The van der Waals surface area contributed by atoms with Crippen molar-refractivity contribution in [3.8, 4) is 22.3 Å². The Hall–Kier alpha value is -5.40. The maximum Gasteiger partial charge on any atom is 0.0467 e. The third-order valence-electron chi connectivity index (χ3n) is 9.03. The maximum absolute atomic E-state index is 4.00. The Morgan fingerprint density at radius 2 is 1.02 bits per heavy atom. The third-order valence-corrected chi connectivity index (χ3v) is 9.03. The molecule has 7 aromatic carbocycles. The van der Waals surface area contributed by atoms with Crippen molar-refractivity contribution in [3.63, 3.8) is 0 Å². The maximum atomic E-state index is 4.00. The zero-order valence-corrected chi connectivity index (χ0v) is 26.4. The summed E-state index contributed by atoms with van der Waals surface area (Å²) in [7, 11) is 0. The predicted molar refractivity (Wildman–Crippen MR) is 196 cm³/mol. The van der Waals surface area contributed by atoms with Crippen LogP contribution in [-0.2, 0) is 0 Å². The first-order valence-corrected chi connectivity index (χ1v) is 15.6. The summed E-state index contributed by atoms with van der Waals surface area (Å²) in [5.41, 5.74) is 14.7. The molecule has 0 N–H and O–H groups in total. The highest BCUT2D eigenvalue weighted by Gasteiger charge is 2.18. The fraction of sp³-hybridized carbons (Fsp3) is 0.0909. The average Bonchev–Trinajstić information content (AvgIpc) is 3.07. The fourth-order valence-electron chi connectivity index (χ4n) is 6.87. The molecule has 7 aromatic rings. The van der Waals surface area contributed by atoms with Gasteiger partial charge in [-0.1, -0.05) is 115 Å². The molecule has 0 aliphatic carbocycles. The van der Waals surface area contributed by atoms with E-state index < -0.39 is 0 Å². The lowest BCUT2D eigenvalue weighted by Crippen LogP contribution is -2.10. The number of rotatable bonds is 6. The summed E-state index contributed by atoms with van der Waals surface area (Å²) in [6, 6.07) is 48.7. The number of benzene rings is 7. The van der Waals surface area contributed by atoms with Gasteiger partial charge in [0.1, 0.15) is 0 Å². The van der Waals surface area contributed by atoms with Gasteiger partial charge in [-0.15, -0.1) is 0 Å². The van der Waals surface area contributed by atoms with Crippen LogP contribution in [0.4, 0.5) is 17.1 Å². The third kappa shape index (κ3) is 5.11. The van der Waals surface area contributed by atoms with E-state index in [1.807, 2.05) is 6.08 Å². The zero-order valence-electron chi connectivity index (χ0n) is 26.4. The van der Waals surface area contributed by atoms with Crippen LogP contribution in [-0.4, -0.2) is 0 Å². The second-order valence-electron chi connectivity index (χ2n) is 12.1. The van der Waals surface area contributed by atoms with E-state index in [0.29, 0.717) is 0 Å². The summed E-state index contributed by atoms with van der Waals surface area (Å²) in [6.07, 6.45) is 1.90. The Morgan fingerprint density at radius 3 is 1.67 bits per heavy atom. The molecule has 0 heterocycles. The van der Waals surface area contributed by atoms with E-state index in [1.54, 1.807) is 0 Å². The van der Waals surface area contributed by atoms with Crippen LogP contribution in [0, 0.1) is 27.7 Å². The molecule has 7 rings (SSSR count). The molecule has 0 amide bonds. The molecular formula is C44H37N. The number of anilines is 3. The Bertz CT molecular complexity index is 2200. The topological polar surface area (TPSA) is 3.24 Å². The van der Waals surface area contributed by atoms with Crippen molar-refractivity contribution in [1.82, 2.24) is 0 Å². The van der Waals surface area contributed by atoms with Crippen molar-refractivity contribution in [2.24, 2.45) is 0 Å². The summed E-state index contributed by atoms with van der Waals surface area (Å²) in [5, 5.41) is 5.19. The van der Waals surface area contributed by atoms with E-state index in [4.69, 9.17) is 0 Å². The lowest BCUT2D eigenvalue weighted by atomic mass is 9.84. The lowest BCUT2D eigenvalue weighted by molar-refractivity contribution is 1.27. The van der Waals surface area contributed by atoms with Gasteiger partial charge in [0.25, 0.3) is 0 Å². The van der Waals surface area contributed by atoms with Crippen LogP contribution in [0.15, 0.2) is 140 Å². The van der Waals surface area contributed by atoms with Crippen LogP contribution < -0.4 is 4.90 Å². The molecule has 0 unspecified atom stereocenters. The van der Waals surface area contributed by atoms with Crippen LogP contribution >= 0.6 is 0 Å². The van der Waals surface area contributed by atoms with E-state index >= 15 is 0 Å². The Balaban J connectivity index is 1.37. The summed E-state index contributed by atoms with van der Waals surface area (Å²) in [6.45, 7) is 12.9. The first kappa shape index (κ1) is 28.4. The number of fused-ring (bicyclic) bond motifs is 2. The molecule has 0 radical (unpaired) electrons. The van der Waals surface area contributed by atoms with Gasteiger partial charge in [-0.25, -0.2) is 0 Å². The molecule has 218 valence electrons. The Morgan fingerprint density at radius 1 is 0.467 bits per heavy atom. The van der Waals surface area contributed by atoms with Crippen LogP contribution in [0.5, 0.6) is 0 Å². The van der Waals surface area contributed by atoms with Gasteiger partial charge in [-0.2, -0.15) is 0 Å². The molecular weight excluding hydrogens is 542 g/mol. The molecule has 0 atom stereocenters. The van der Waals surface area contributed by atoms with Gasteiger partial charge in [0.05, 0.1) is 0 Å².